The van der Waals surface area contributed by atoms with Crippen molar-refractivity contribution in [2.45, 2.75) is 27.3 Å². The van der Waals surface area contributed by atoms with Gasteiger partial charge in [0.05, 0.1) is 6.54 Å². The number of amides is 1. The van der Waals surface area contributed by atoms with Crippen molar-refractivity contribution in [1.82, 2.24) is 49.6 Å². The average Bonchev–Trinajstić information content (AvgIpc) is 3.43. The molecule has 0 aliphatic rings. The van der Waals surface area contributed by atoms with Gasteiger partial charge in [-0.2, -0.15) is 9.97 Å². The van der Waals surface area contributed by atoms with Gasteiger partial charge in [0.2, 0.25) is 5.82 Å². The molecule has 1 N–H and O–H groups in total. The first-order valence-corrected chi connectivity index (χ1v) is 9.11. The fourth-order valence-corrected chi connectivity index (χ4v) is 3.11. The van der Waals surface area contributed by atoms with Crippen molar-refractivity contribution in [3.05, 3.63) is 53.3 Å². The van der Waals surface area contributed by atoms with Gasteiger partial charge in [-0.05, 0) is 39.0 Å². The highest BCUT2D eigenvalue weighted by molar-refractivity contribution is 5.90. The third kappa shape index (κ3) is 3.03. The summed E-state index contributed by atoms with van der Waals surface area (Å²) in [7, 11) is 0. The lowest BCUT2D eigenvalue weighted by molar-refractivity contribution is 0.0939. The zero-order valence-corrected chi connectivity index (χ0v) is 16.4. The Morgan fingerprint density at radius 2 is 2.00 bits per heavy atom. The summed E-state index contributed by atoms with van der Waals surface area (Å²) in [5.41, 5.74) is 2.98. The van der Waals surface area contributed by atoms with Gasteiger partial charge in [0.25, 0.3) is 17.6 Å². The van der Waals surface area contributed by atoms with Crippen LogP contribution >= 0.6 is 0 Å². The lowest BCUT2D eigenvalue weighted by Gasteiger charge is -2.02. The topological polar surface area (TPSA) is 141 Å². The number of hydrogen-bond donors (Lipinski definition) is 1. The number of fused-ring (bicyclic) bond motifs is 2. The van der Waals surface area contributed by atoms with Crippen LogP contribution < -0.4 is 5.32 Å². The molecule has 0 atom stereocenters. The number of carbonyl (C=O) groups is 1. The van der Waals surface area contributed by atoms with Gasteiger partial charge in [-0.3, -0.25) is 9.20 Å². The Morgan fingerprint density at radius 3 is 2.80 bits per heavy atom. The summed E-state index contributed by atoms with van der Waals surface area (Å²) in [5.74, 6) is 1.52. The minimum atomic E-state index is -0.424. The molecule has 5 rings (SSSR count). The molecule has 0 aliphatic heterocycles. The van der Waals surface area contributed by atoms with Gasteiger partial charge in [-0.1, -0.05) is 5.16 Å². The number of pyridine rings is 1. The molecule has 0 saturated carbocycles. The molecule has 0 unspecified atom stereocenters. The lowest BCUT2D eigenvalue weighted by Crippen LogP contribution is -2.25. The zero-order chi connectivity index (χ0) is 20.8. The highest BCUT2D eigenvalue weighted by Crippen LogP contribution is 2.18. The van der Waals surface area contributed by atoms with E-state index >= 15 is 0 Å². The molecule has 0 fully saturated rings. The van der Waals surface area contributed by atoms with E-state index in [9.17, 15) is 4.79 Å². The van der Waals surface area contributed by atoms with Crippen LogP contribution in [0.4, 0.5) is 0 Å². The van der Waals surface area contributed by atoms with Gasteiger partial charge in [0.1, 0.15) is 0 Å². The number of nitrogens with zero attached hydrogens (tertiary/aromatic N) is 9. The lowest BCUT2D eigenvalue weighted by atomic mass is 10.2. The second kappa shape index (κ2) is 6.69. The largest absolute Gasteiger partial charge is 0.342 e. The second-order valence-corrected chi connectivity index (χ2v) is 6.78. The molecular formula is C18H16N10O2. The predicted octanol–water partition coefficient (Wildman–Crippen LogP) is 1.07. The molecule has 1 amide bonds. The van der Waals surface area contributed by atoms with Gasteiger partial charge in [0.15, 0.2) is 17.3 Å². The molecule has 30 heavy (non-hydrogen) atoms. The third-order valence-corrected chi connectivity index (χ3v) is 4.48. The summed E-state index contributed by atoms with van der Waals surface area (Å²) in [4.78, 5) is 25.2. The molecule has 150 valence electrons. The number of aromatic nitrogens is 9. The summed E-state index contributed by atoms with van der Waals surface area (Å²) < 4.78 is 8.48. The SMILES string of the molecule is Cc1cc(C)n2nc(C(=O)NCc3nnc4cc(-c5nc(C)no5)ccn34)nc2n1. The number of hydrogen-bond acceptors (Lipinski definition) is 9. The molecule has 0 radical (unpaired) electrons. The van der Waals surface area contributed by atoms with E-state index in [0.29, 0.717) is 29.0 Å². The Kier molecular flexibility index (Phi) is 3.98. The van der Waals surface area contributed by atoms with Gasteiger partial charge < -0.3 is 9.84 Å². The molecule has 0 aromatic carbocycles. The smallest absolute Gasteiger partial charge is 0.291 e. The molecule has 5 aromatic rings. The minimum Gasteiger partial charge on any atom is -0.342 e. The van der Waals surface area contributed by atoms with E-state index in [0.717, 1.165) is 17.0 Å². The van der Waals surface area contributed by atoms with Crippen LogP contribution in [0.2, 0.25) is 0 Å². The van der Waals surface area contributed by atoms with E-state index < -0.39 is 5.91 Å². The first-order chi connectivity index (χ1) is 14.5. The highest BCUT2D eigenvalue weighted by Gasteiger charge is 2.16. The fourth-order valence-electron chi connectivity index (χ4n) is 3.11. The predicted molar refractivity (Wildman–Crippen MR) is 102 cm³/mol. The maximum atomic E-state index is 12.5. The Balaban J connectivity index is 1.36. The van der Waals surface area contributed by atoms with Crippen LogP contribution in [0, 0.1) is 20.8 Å². The molecular weight excluding hydrogens is 388 g/mol. The van der Waals surface area contributed by atoms with Crippen molar-refractivity contribution >= 4 is 17.3 Å². The van der Waals surface area contributed by atoms with Crippen LogP contribution in [0.3, 0.4) is 0 Å². The maximum absolute atomic E-state index is 12.5. The molecule has 5 aromatic heterocycles. The van der Waals surface area contributed by atoms with E-state index in [1.54, 1.807) is 23.6 Å². The van der Waals surface area contributed by atoms with Gasteiger partial charge in [-0.25, -0.2) is 9.50 Å². The van der Waals surface area contributed by atoms with E-state index in [2.05, 4.69) is 40.7 Å². The molecule has 0 spiro atoms. The Labute approximate surface area is 169 Å². The van der Waals surface area contributed by atoms with Crippen LogP contribution in [0.15, 0.2) is 28.9 Å². The average molecular weight is 404 g/mol. The molecule has 12 nitrogen and oxygen atoms in total. The zero-order valence-electron chi connectivity index (χ0n) is 16.4. The summed E-state index contributed by atoms with van der Waals surface area (Å²) in [5, 5.41) is 19.1. The molecule has 0 bridgehead atoms. The Morgan fingerprint density at radius 1 is 1.13 bits per heavy atom. The number of rotatable bonds is 4. The molecule has 12 heteroatoms. The summed E-state index contributed by atoms with van der Waals surface area (Å²) in [6.07, 6.45) is 1.78. The maximum Gasteiger partial charge on any atom is 0.291 e. The number of carbonyl (C=O) groups excluding carboxylic acids is 1. The van der Waals surface area contributed by atoms with E-state index in [4.69, 9.17) is 4.52 Å². The van der Waals surface area contributed by atoms with Gasteiger partial charge >= 0.3 is 0 Å². The highest BCUT2D eigenvalue weighted by atomic mass is 16.5. The van der Waals surface area contributed by atoms with Crippen molar-refractivity contribution in [2.24, 2.45) is 0 Å². The van der Waals surface area contributed by atoms with Crippen LogP contribution in [-0.4, -0.2) is 50.2 Å². The van der Waals surface area contributed by atoms with Crippen LogP contribution in [0.1, 0.15) is 33.7 Å². The van der Waals surface area contributed by atoms with Crippen molar-refractivity contribution < 1.29 is 9.32 Å². The van der Waals surface area contributed by atoms with E-state index in [1.165, 1.54) is 4.52 Å². The Bertz CT molecular complexity index is 1410. The number of nitrogens with one attached hydrogen (secondary N) is 1. The van der Waals surface area contributed by atoms with Crippen LogP contribution in [0.25, 0.3) is 22.9 Å². The third-order valence-electron chi connectivity index (χ3n) is 4.48. The summed E-state index contributed by atoms with van der Waals surface area (Å²) >= 11 is 0. The van der Waals surface area contributed by atoms with Crippen molar-refractivity contribution in [3.63, 3.8) is 0 Å². The second-order valence-electron chi connectivity index (χ2n) is 6.78. The first-order valence-electron chi connectivity index (χ1n) is 9.11. The molecule has 0 saturated heterocycles. The Hall–Kier alpha value is -4.22. The van der Waals surface area contributed by atoms with E-state index in [-0.39, 0.29) is 12.4 Å². The standard InChI is InChI=1S/C18H16N10O2/c1-9-6-10(2)28-18(20-9)22-15(25-28)16(29)19-8-14-24-23-13-7-12(4-5-27(13)14)17-21-11(3)26-30-17/h4-7H,8H2,1-3H3,(H,19,29). The van der Waals surface area contributed by atoms with Crippen LogP contribution in [0.5, 0.6) is 0 Å². The van der Waals surface area contributed by atoms with Gasteiger partial charge in [-0.15, -0.1) is 15.3 Å². The summed E-state index contributed by atoms with van der Waals surface area (Å²) in [6, 6.07) is 5.47. The summed E-state index contributed by atoms with van der Waals surface area (Å²) in [6.45, 7) is 5.65. The van der Waals surface area contributed by atoms with E-state index in [1.807, 2.05) is 26.0 Å². The van der Waals surface area contributed by atoms with Gasteiger partial charge in [0, 0.05) is 23.1 Å². The quantitative estimate of drug-likeness (QED) is 0.465. The van der Waals surface area contributed by atoms with Crippen molar-refractivity contribution in [3.8, 4) is 11.5 Å². The van der Waals surface area contributed by atoms with Crippen LogP contribution in [-0.2, 0) is 6.54 Å². The normalized spacial score (nSPS) is 11.4. The van der Waals surface area contributed by atoms with Crippen molar-refractivity contribution in [2.75, 3.05) is 0 Å². The first kappa shape index (κ1) is 17.8. The fraction of sp³-hybridized carbons (Fsp3) is 0.222. The molecule has 0 aliphatic carbocycles. The van der Waals surface area contributed by atoms with Crippen molar-refractivity contribution in [1.29, 1.82) is 0 Å². The minimum absolute atomic E-state index is 0.0408. The number of aryl methyl sites for hydroxylation is 3. The monoisotopic (exact) mass is 404 g/mol. The molecule has 5 heterocycles.